The van der Waals surface area contributed by atoms with Crippen molar-refractivity contribution in [3.63, 3.8) is 0 Å². The van der Waals surface area contributed by atoms with Gasteiger partial charge in [-0.2, -0.15) is 13.2 Å². The van der Waals surface area contributed by atoms with Crippen LogP contribution in [0.3, 0.4) is 0 Å². The predicted octanol–water partition coefficient (Wildman–Crippen LogP) is 5.19. The first kappa shape index (κ1) is 15.1. The van der Waals surface area contributed by atoms with Crippen LogP contribution >= 0.6 is 0 Å². The van der Waals surface area contributed by atoms with Gasteiger partial charge in [-0.05, 0) is 48.9 Å². The lowest BCUT2D eigenvalue weighted by atomic mass is 9.98. The van der Waals surface area contributed by atoms with Gasteiger partial charge in [0, 0.05) is 0 Å². The topological polar surface area (TPSA) is 0 Å². The van der Waals surface area contributed by atoms with Crippen LogP contribution in [0.2, 0.25) is 0 Å². The third kappa shape index (κ3) is 4.71. The molecule has 0 saturated carbocycles. The summed E-state index contributed by atoms with van der Waals surface area (Å²) in [6.45, 7) is 4.07. The van der Waals surface area contributed by atoms with Gasteiger partial charge < -0.3 is 0 Å². The van der Waals surface area contributed by atoms with Crippen molar-refractivity contribution in [1.82, 2.24) is 0 Å². The molecule has 0 nitrogen and oxygen atoms in total. The minimum absolute atomic E-state index is 0.623. The molecule has 0 atom stereocenters. The summed E-state index contributed by atoms with van der Waals surface area (Å²) >= 11 is 0. The molecule has 0 amide bonds. The largest absolute Gasteiger partial charge is 0.417 e. The Hall–Kier alpha value is -0.990. The zero-order valence-corrected chi connectivity index (χ0v) is 11.0. The summed E-state index contributed by atoms with van der Waals surface area (Å²) in [5.74, 6) is 0. The SMILES string of the molecule is CCCCc1[c]c(C(F)(F)F)cc(CCCC)c1. The van der Waals surface area contributed by atoms with E-state index in [1.54, 1.807) is 0 Å². The summed E-state index contributed by atoms with van der Waals surface area (Å²) in [6.07, 6.45) is 0.911. The number of hydrogen-bond acceptors (Lipinski definition) is 0. The summed E-state index contributed by atoms with van der Waals surface area (Å²) in [6, 6.07) is 5.63. The van der Waals surface area contributed by atoms with Crippen LogP contribution in [-0.4, -0.2) is 0 Å². The lowest BCUT2D eigenvalue weighted by Gasteiger charge is -2.11. The summed E-state index contributed by atoms with van der Waals surface area (Å²) in [5, 5.41) is 0. The van der Waals surface area contributed by atoms with Crippen molar-refractivity contribution in [3.8, 4) is 0 Å². The smallest absolute Gasteiger partial charge is 0.166 e. The number of unbranched alkanes of at least 4 members (excludes halogenated alkanes) is 2. The highest BCUT2D eigenvalue weighted by Gasteiger charge is 2.31. The number of rotatable bonds is 6. The highest BCUT2D eigenvalue weighted by Crippen LogP contribution is 2.31. The second kappa shape index (κ2) is 6.81. The van der Waals surface area contributed by atoms with Crippen LogP contribution in [0, 0.1) is 6.07 Å². The molecule has 0 saturated heterocycles. The quantitative estimate of drug-likeness (QED) is 0.657. The Morgan fingerprint density at radius 1 is 1.00 bits per heavy atom. The van der Waals surface area contributed by atoms with Crippen LogP contribution < -0.4 is 0 Å². The first-order valence-corrected chi connectivity index (χ1v) is 6.59. The van der Waals surface area contributed by atoms with E-state index in [1.807, 2.05) is 19.9 Å². The molecule has 0 unspecified atom stereocenters. The predicted molar refractivity (Wildman–Crippen MR) is 67.5 cm³/mol. The summed E-state index contributed by atoms with van der Waals surface area (Å²) in [5.41, 5.74) is 0.856. The second-order valence-corrected chi connectivity index (χ2v) is 4.63. The fourth-order valence-corrected chi connectivity index (χ4v) is 1.88. The number of aryl methyl sites for hydroxylation is 2. The summed E-state index contributed by atoms with van der Waals surface area (Å²) < 4.78 is 38.3. The molecule has 101 valence electrons. The third-order valence-electron chi connectivity index (χ3n) is 2.91. The van der Waals surface area contributed by atoms with Gasteiger partial charge in [-0.25, -0.2) is 0 Å². The molecular formula is C15H20F3. The molecule has 0 aliphatic rings. The minimum Gasteiger partial charge on any atom is -0.166 e. The molecule has 1 aromatic rings. The van der Waals surface area contributed by atoms with Crippen LogP contribution in [0.4, 0.5) is 13.2 Å². The molecular weight excluding hydrogens is 237 g/mol. The van der Waals surface area contributed by atoms with Crippen molar-refractivity contribution >= 4 is 0 Å². The molecule has 0 aliphatic carbocycles. The van der Waals surface area contributed by atoms with Crippen molar-refractivity contribution in [2.45, 2.75) is 58.5 Å². The van der Waals surface area contributed by atoms with Gasteiger partial charge >= 0.3 is 6.18 Å². The maximum atomic E-state index is 12.8. The van der Waals surface area contributed by atoms with Gasteiger partial charge in [0.2, 0.25) is 0 Å². The van der Waals surface area contributed by atoms with Crippen LogP contribution in [0.5, 0.6) is 0 Å². The Kier molecular flexibility index (Phi) is 5.70. The molecule has 18 heavy (non-hydrogen) atoms. The first-order valence-electron chi connectivity index (χ1n) is 6.59. The first-order chi connectivity index (χ1) is 8.47. The molecule has 0 aliphatic heterocycles. The van der Waals surface area contributed by atoms with E-state index in [0.717, 1.165) is 31.2 Å². The number of alkyl halides is 3. The Bertz CT molecular complexity index is 340. The van der Waals surface area contributed by atoms with Crippen molar-refractivity contribution in [2.24, 2.45) is 0 Å². The van der Waals surface area contributed by atoms with E-state index in [-0.39, 0.29) is 0 Å². The van der Waals surface area contributed by atoms with E-state index < -0.39 is 11.7 Å². The van der Waals surface area contributed by atoms with E-state index in [1.165, 1.54) is 6.07 Å². The van der Waals surface area contributed by atoms with Crippen LogP contribution in [-0.2, 0) is 19.0 Å². The van der Waals surface area contributed by atoms with E-state index in [9.17, 15) is 13.2 Å². The second-order valence-electron chi connectivity index (χ2n) is 4.63. The van der Waals surface area contributed by atoms with E-state index in [4.69, 9.17) is 0 Å². The molecule has 1 radical (unpaired) electrons. The van der Waals surface area contributed by atoms with E-state index in [0.29, 0.717) is 18.4 Å². The zero-order chi connectivity index (χ0) is 13.6. The molecule has 0 heterocycles. The Morgan fingerprint density at radius 2 is 1.61 bits per heavy atom. The van der Waals surface area contributed by atoms with Crippen molar-refractivity contribution in [3.05, 3.63) is 34.9 Å². The average Bonchev–Trinajstić information content (AvgIpc) is 2.32. The van der Waals surface area contributed by atoms with Crippen molar-refractivity contribution in [1.29, 1.82) is 0 Å². The van der Waals surface area contributed by atoms with Crippen LogP contribution in [0.25, 0.3) is 0 Å². The fraction of sp³-hybridized carbons (Fsp3) is 0.600. The van der Waals surface area contributed by atoms with Gasteiger partial charge in [0.05, 0.1) is 5.56 Å². The highest BCUT2D eigenvalue weighted by atomic mass is 19.4. The van der Waals surface area contributed by atoms with E-state index >= 15 is 0 Å². The minimum atomic E-state index is -4.29. The van der Waals surface area contributed by atoms with E-state index in [2.05, 4.69) is 6.07 Å². The molecule has 0 fully saturated rings. The summed E-state index contributed by atoms with van der Waals surface area (Å²) in [7, 11) is 0. The molecule has 1 rings (SSSR count). The van der Waals surface area contributed by atoms with Crippen LogP contribution in [0.1, 0.15) is 56.2 Å². The molecule has 0 aromatic heterocycles. The maximum absolute atomic E-state index is 12.8. The highest BCUT2D eigenvalue weighted by molar-refractivity contribution is 5.31. The third-order valence-corrected chi connectivity index (χ3v) is 2.91. The lowest BCUT2D eigenvalue weighted by molar-refractivity contribution is -0.137. The Morgan fingerprint density at radius 3 is 2.17 bits per heavy atom. The van der Waals surface area contributed by atoms with Crippen LogP contribution in [0.15, 0.2) is 12.1 Å². The molecule has 0 bridgehead atoms. The normalized spacial score (nSPS) is 11.8. The summed E-state index contributed by atoms with van der Waals surface area (Å²) in [4.78, 5) is 0. The van der Waals surface area contributed by atoms with Gasteiger partial charge in [-0.1, -0.05) is 32.8 Å². The fourth-order valence-electron chi connectivity index (χ4n) is 1.88. The number of hydrogen-bond donors (Lipinski definition) is 0. The lowest BCUT2D eigenvalue weighted by Crippen LogP contribution is -2.07. The van der Waals surface area contributed by atoms with Gasteiger partial charge in [-0.15, -0.1) is 0 Å². The van der Waals surface area contributed by atoms with Gasteiger partial charge in [0.1, 0.15) is 0 Å². The maximum Gasteiger partial charge on any atom is 0.417 e. The molecule has 0 N–H and O–H groups in total. The van der Waals surface area contributed by atoms with Gasteiger partial charge in [-0.3, -0.25) is 0 Å². The molecule has 1 aromatic carbocycles. The molecule has 0 spiro atoms. The van der Waals surface area contributed by atoms with Crippen molar-refractivity contribution < 1.29 is 13.2 Å². The van der Waals surface area contributed by atoms with Crippen molar-refractivity contribution in [2.75, 3.05) is 0 Å². The number of halogens is 3. The molecule has 3 heteroatoms. The van der Waals surface area contributed by atoms with Gasteiger partial charge in [0.15, 0.2) is 0 Å². The Balaban J connectivity index is 2.96. The Labute approximate surface area is 107 Å². The standard InChI is InChI=1S/C15H20F3/c1-3-5-7-12-9-13(8-6-4-2)11-14(10-12)15(16,17)18/h9-10H,3-8H2,1-2H3. The average molecular weight is 257 g/mol. The monoisotopic (exact) mass is 257 g/mol. The zero-order valence-electron chi connectivity index (χ0n) is 11.0. The van der Waals surface area contributed by atoms with Gasteiger partial charge in [0.25, 0.3) is 0 Å². The number of benzene rings is 1.